The third-order valence-corrected chi connectivity index (χ3v) is 2.90. The summed E-state index contributed by atoms with van der Waals surface area (Å²) in [5, 5.41) is 6.98. The lowest BCUT2D eigenvalue weighted by molar-refractivity contribution is 0.580. The number of aromatic amines is 1. The highest BCUT2D eigenvalue weighted by Crippen LogP contribution is 2.34. The van der Waals surface area contributed by atoms with Gasteiger partial charge in [-0.25, -0.2) is 0 Å². The predicted octanol–water partition coefficient (Wildman–Crippen LogP) is 3.23. The lowest BCUT2D eigenvalue weighted by Gasteiger charge is -2.03. The summed E-state index contributed by atoms with van der Waals surface area (Å²) in [4.78, 5) is 0. The molecule has 2 aromatic heterocycles. The number of anilines is 1. The summed E-state index contributed by atoms with van der Waals surface area (Å²) < 4.78 is 5.39. The number of rotatable bonds is 2. The van der Waals surface area contributed by atoms with E-state index in [1.54, 1.807) is 6.26 Å². The number of nitrogens with zero attached hydrogens (tertiary/aromatic N) is 1. The van der Waals surface area contributed by atoms with Gasteiger partial charge in [0.25, 0.3) is 0 Å². The standard InChI is InChI=1S/C14H13N3O/c1-9-4-6-10(7-5-9)12-13(16-17-14(12)15)11-3-2-8-18-11/h2-8H,1H3,(H3,15,16,17). The molecule has 90 valence electrons. The molecular weight excluding hydrogens is 226 g/mol. The number of aryl methyl sites for hydroxylation is 1. The van der Waals surface area contributed by atoms with Gasteiger partial charge >= 0.3 is 0 Å². The van der Waals surface area contributed by atoms with Crippen molar-refractivity contribution >= 4 is 5.82 Å². The summed E-state index contributed by atoms with van der Waals surface area (Å²) in [6.07, 6.45) is 1.63. The van der Waals surface area contributed by atoms with Crippen molar-refractivity contribution in [3.05, 3.63) is 48.2 Å². The van der Waals surface area contributed by atoms with Crippen LogP contribution >= 0.6 is 0 Å². The van der Waals surface area contributed by atoms with Gasteiger partial charge in [-0.05, 0) is 24.6 Å². The molecule has 18 heavy (non-hydrogen) atoms. The Hall–Kier alpha value is -2.49. The zero-order valence-corrected chi connectivity index (χ0v) is 9.97. The monoisotopic (exact) mass is 239 g/mol. The van der Waals surface area contributed by atoms with E-state index in [-0.39, 0.29) is 0 Å². The van der Waals surface area contributed by atoms with Gasteiger partial charge in [0.1, 0.15) is 5.69 Å². The second-order valence-electron chi connectivity index (χ2n) is 4.20. The normalized spacial score (nSPS) is 10.7. The summed E-state index contributed by atoms with van der Waals surface area (Å²) in [5.74, 6) is 1.21. The predicted molar refractivity (Wildman–Crippen MR) is 70.9 cm³/mol. The SMILES string of the molecule is Cc1ccc(-c2c(N)n[nH]c2-c2ccco2)cc1. The van der Waals surface area contributed by atoms with Crippen LogP contribution in [-0.2, 0) is 0 Å². The van der Waals surface area contributed by atoms with Gasteiger partial charge in [-0.2, -0.15) is 5.10 Å². The summed E-state index contributed by atoms with van der Waals surface area (Å²) in [6, 6.07) is 11.9. The Morgan fingerprint density at radius 1 is 1.17 bits per heavy atom. The number of nitrogen functional groups attached to an aromatic ring is 1. The first-order chi connectivity index (χ1) is 8.75. The number of hydrogen-bond acceptors (Lipinski definition) is 3. The minimum Gasteiger partial charge on any atom is -0.463 e. The molecule has 4 heteroatoms. The molecule has 0 saturated carbocycles. The number of nitrogens with one attached hydrogen (secondary N) is 1. The molecule has 0 spiro atoms. The first kappa shape index (κ1) is 10.7. The number of furan rings is 1. The summed E-state index contributed by atoms with van der Waals surface area (Å²) in [6.45, 7) is 2.05. The van der Waals surface area contributed by atoms with Crippen LogP contribution in [0.25, 0.3) is 22.6 Å². The number of aromatic nitrogens is 2. The van der Waals surface area contributed by atoms with E-state index >= 15 is 0 Å². The van der Waals surface area contributed by atoms with Crippen LogP contribution in [0.1, 0.15) is 5.56 Å². The lowest BCUT2D eigenvalue weighted by atomic mass is 10.0. The molecule has 0 unspecified atom stereocenters. The number of nitrogens with two attached hydrogens (primary N) is 1. The van der Waals surface area contributed by atoms with Gasteiger partial charge in [0.05, 0.1) is 11.8 Å². The Labute approximate surface area is 104 Å². The fraction of sp³-hybridized carbons (Fsp3) is 0.0714. The van der Waals surface area contributed by atoms with Gasteiger partial charge < -0.3 is 10.2 Å². The second kappa shape index (κ2) is 4.07. The molecule has 4 nitrogen and oxygen atoms in total. The van der Waals surface area contributed by atoms with Crippen molar-refractivity contribution in [2.45, 2.75) is 6.92 Å². The number of H-pyrrole nitrogens is 1. The van der Waals surface area contributed by atoms with E-state index in [9.17, 15) is 0 Å². The fourth-order valence-corrected chi connectivity index (χ4v) is 1.97. The van der Waals surface area contributed by atoms with Crippen LogP contribution in [0.2, 0.25) is 0 Å². The first-order valence-corrected chi connectivity index (χ1v) is 5.70. The second-order valence-corrected chi connectivity index (χ2v) is 4.20. The highest BCUT2D eigenvalue weighted by atomic mass is 16.3. The smallest absolute Gasteiger partial charge is 0.153 e. The molecule has 0 saturated heterocycles. The van der Waals surface area contributed by atoms with Gasteiger partial charge in [0.15, 0.2) is 11.6 Å². The summed E-state index contributed by atoms with van der Waals surface area (Å²) >= 11 is 0. The highest BCUT2D eigenvalue weighted by Gasteiger charge is 2.16. The molecule has 0 radical (unpaired) electrons. The van der Waals surface area contributed by atoms with Gasteiger partial charge in [-0.1, -0.05) is 29.8 Å². The van der Waals surface area contributed by atoms with Crippen LogP contribution in [0, 0.1) is 6.92 Å². The van der Waals surface area contributed by atoms with E-state index in [0.717, 1.165) is 22.6 Å². The highest BCUT2D eigenvalue weighted by molar-refractivity contribution is 5.86. The molecule has 0 atom stereocenters. The largest absolute Gasteiger partial charge is 0.463 e. The molecular formula is C14H13N3O. The fourth-order valence-electron chi connectivity index (χ4n) is 1.97. The number of benzene rings is 1. The first-order valence-electron chi connectivity index (χ1n) is 5.70. The van der Waals surface area contributed by atoms with Crippen molar-refractivity contribution in [2.24, 2.45) is 0 Å². The van der Waals surface area contributed by atoms with E-state index in [1.165, 1.54) is 5.56 Å². The van der Waals surface area contributed by atoms with Crippen molar-refractivity contribution in [3.8, 4) is 22.6 Å². The van der Waals surface area contributed by atoms with E-state index in [1.807, 2.05) is 36.4 Å². The zero-order valence-electron chi connectivity index (χ0n) is 9.97. The summed E-state index contributed by atoms with van der Waals surface area (Å²) in [5.41, 5.74) is 9.85. The van der Waals surface area contributed by atoms with Crippen molar-refractivity contribution in [2.75, 3.05) is 5.73 Å². The van der Waals surface area contributed by atoms with Gasteiger partial charge in [0, 0.05) is 0 Å². The topological polar surface area (TPSA) is 67.8 Å². The Kier molecular flexibility index (Phi) is 2.41. The maximum Gasteiger partial charge on any atom is 0.153 e. The zero-order chi connectivity index (χ0) is 12.5. The van der Waals surface area contributed by atoms with Crippen molar-refractivity contribution in [1.29, 1.82) is 0 Å². The van der Waals surface area contributed by atoms with Crippen molar-refractivity contribution < 1.29 is 4.42 Å². The third kappa shape index (κ3) is 1.68. The minimum atomic E-state index is 0.477. The van der Waals surface area contributed by atoms with Crippen molar-refractivity contribution in [1.82, 2.24) is 10.2 Å². The average molecular weight is 239 g/mol. The van der Waals surface area contributed by atoms with Gasteiger partial charge in [0.2, 0.25) is 0 Å². The molecule has 1 aromatic carbocycles. The third-order valence-electron chi connectivity index (χ3n) is 2.90. The molecule has 0 amide bonds. The molecule has 0 fully saturated rings. The molecule has 3 N–H and O–H groups in total. The van der Waals surface area contributed by atoms with E-state index in [0.29, 0.717) is 5.82 Å². The molecule has 3 aromatic rings. The molecule has 2 heterocycles. The quantitative estimate of drug-likeness (QED) is 0.721. The lowest BCUT2D eigenvalue weighted by Crippen LogP contribution is -1.88. The Morgan fingerprint density at radius 3 is 2.61 bits per heavy atom. The van der Waals surface area contributed by atoms with E-state index in [4.69, 9.17) is 10.2 Å². The molecule has 3 rings (SSSR count). The average Bonchev–Trinajstić information content (AvgIpc) is 2.99. The van der Waals surface area contributed by atoms with Crippen LogP contribution in [0.5, 0.6) is 0 Å². The maximum atomic E-state index is 5.93. The Morgan fingerprint density at radius 2 is 1.94 bits per heavy atom. The van der Waals surface area contributed by atoms with Crippen LogP contribution in [0.3, 0.4) is 0 Å². The summed E-state index contributed by atoms with van der Waals surface area (Å²) in [7, 11) is 0. The van der Waals surface area contributed by atoms with E-state index in [2.05, 4.69) is 17.1 Å². The van der Waals surface area contributed by atoms with E-state index < -0.39 is 0 Å². The maximum absolute atomic E-state index is 5.93. The van der Waals surface area contributed by atoms with Gasteiger partial charge in [-0.15, -0.1) is 0 Å². The molecule has 0 aliphatic carbocycles. The van der Waals surface area contributed by atoms with Gasteiger partial charge in [-0.3, -0.25) is 5.10 Å². The number of hydrogen-bond donors (Lipinski definition) is 2. The van der Waals surface area contributed by atoms with Crippen LogP contribution in [0.15, 0.2) is 47.1 Å². The van der Waals surface area contributed by atoms with Crippen LogP contribution in [-0.4, -0.2) is 10.2 Å². The Bertz CT molecular complexity index is 651. The Balaban J connectivity index is 2.17. The van der Waals surface area contributed by atoms with Crippen LogP contribution < -0.4 is 5.73 Å². The molecule has 0 aliphatic rings. The van der Waals surface area contributed by atoms with Crippen molar-refractivity contribution in [3.63, 3.8) is 0 Å². The molecule has 0 bridgehead atoms. The molecule has 0 aliphatic heterocycles. The van der Waals surface area contributed by atoms with Crippen LogP contribution in [0.4, 0.5) is 5.82 Å². The minimum absolute atomic E-state index is 0.477.